The van der Waals surface area contributed by atoms with E-state index in [1.165, 1.54) is 4.91 Å². The van der Waals surface area contributed by atoms with Gasteiger partial charge in [0.25, 0.3) is 0 Å². The molecule has 6 heteroatoms. The Balaban J connectivity index is 0.000000583. The lowest BCUT2D eigenvalue weighted by Gasteiger charge is -2.02. The molecule has 0 amide bonds. The molecule has 0 heterocycles. The van der Waals surface area contributed by atoms with E-state index >= 15 is 0 Å². The van der Waals surface area contributed by atoms with Crippen molar-refractivity contribution in [3.63, 3.8) is 0 Å². The van der Waals surface area contributed by atoms with Crippen LogP contribution in [0.2, 0.25) is 0 Å². The summed E-state index contributed by atoms with van der Waals surface area (Å²) in [6, 6.07) is 8.95. The molecule has 0 aliphatic carbocycles. The molecule has 0 aliphatic rings. The molecule has 1 aromatic carbocycles. The van der Waals surface area contributed by atoms with Crippen LogP contribution in [0.1, 0.15) is 5.56 Å². The molecule has 0 saturated carbocycles. The third-order valence-corrected chi connectivity index (χ3v) is 1.67. The van der Waals surface area contributed by atoms with E-state index in [0.29, 0.717) is 6.42 Å². The number of aliphatic carboxylic acids is 1. The zero-order valence-corrected chi connectivity index (χ0v) is 8.08. The van der Waals surface area contributed by atoms with Crippen molar-refractivity contribution in [2.45, 2.75) is 12.5 Å². The van der Waals surface area contributed by atoms with Crippen LogP contribution in [0.15, 0.2) is 30.3 Å². The van der Waals surface area contributed by atoms with Gasteiger partial charge in [-0.1, -0.05) is 30.3 Å². The van der Waals surface area contributed by atoms with Crippen LogP contribution in [0, 0.1) is 0 Å². The first-order chi connectivity index (χ1) is 7.11. The maximum atomic E-state index is 10.4. The van der Waals surface area contributed by atoms with Crippen LogP contribution in [0.3, 0.4) is 0 Å². The van der Waals surface area contributed by atoms with E-state index in [0.717, 1.165) is 5.56 Å². The Morgan fingerprint density at radius 2 is 1.87 bits per heavy atom. The number of hydrogen-bond donors (Lipinski definition) is 2. The fraction of sp³-hybridized carbons (Fsp3) is 0.222. The molecule has 4 N–H and O–H groups in total. The van der Waals surface area contributed by atoms with Gasteiger partial charge in [-0.3, -0.25) is 4.91 Å². The Bertz CT molecular complexity index is 333. The number of quaternary nitrogens is 1. The number of rotatable bonds is 3. The number of carbonyl (C=O) groups is 1. The van der Waals surface area contributed by atoms with Crippen LogP contribution in [0.5, 0.6) is 0 Å². The maximum Gasteiger partial charge on any atom is 0.362 e. The summed E-state index contributed by atoms with van der Waals surface area (Å²) in [5.41, 5.74) is 18.0. The Labute approximate surface area is 86.8 Å². The largest absolute Gasteiger partial charge is 0.477 e. The summed E-state index contributed by atoms with van der Waals surface area (Å²) in [7, 11) is 0. The van der Waals surface area contributed by atoms with Crippen LogP contribution in [-0.2, 0) is 11.2 Å². The van der Waals surface area contributed by atoms with Gasteiger partial charge in [0.1, 0.15) is 0 Å². The third kappa shape index (κ3) is 6.09. The average Bonchev–Trinajstić information content (AvgIpc) is 2.20. The van der Waals surface area contributed by atoms with E-state index in [4.69, 9.17) is 16.2 Å². The van der Waals surface area contributed by atoms with Crippen molar-refractivity contribution < 1.29 is 15.6 Å². The van der Waals surface area contributed by atoms with Crippen LogP contribution in [0.25, 0.3) is 16.0 Å². The molecule has 0 fully saturated rings. The van der Waals surface area contributed by atoms with Gasteiger partial charge in [0.05, 0.1) is 0 Å². The second-order valence-electron chi connectivity index (χ2n) is 2.81. The van der Waals surface area contributed by atoms with Gasteiger partial charge in [0, 0.05) is 6.42 Å². The van der Waals surface area contributed by atoms with Gasteiger partial charge >= 0.3 is 5.97 Å². The smallest absolute Gasteiger partial charge is 0.362 e. The van der Waals surface area contributed by atoms with Gasteiger partial charge < -0.3 is 21.9 Å². The predicted octanol–water partition coefficient (Wildman–Crippen LogP) is 0.790. The molecule has 0 unspecified atom stereocenters. The van der Waals surface area contributed by atoms with Crippen molar-refractivity contribution in [2.75, 3.05) is 0 Å². The number of carboxylic acid groups (broad SMARTS) is 1. The van der Waals surface area contributed by atoms with Gasteiger partial charge in [-0.2, -0.15) is 0 Å². The van der Waals surface area contributed by atoms with Crippen molar-refractivity contribution in [1.29, 1.82) is 0 Å². The van der Waals surface area contributed by atoms with E-state index in [1.54, 1.807) is 0 Å². The summed E-state index contributed by atoms with van der Waals surface area (Å²) >= 11 is 0. The summed E-state index contributed by atoms with van der Waals surface area (Å²) in [5, 5.41) is 8.58. The van der Waals surface area contributed by atoms with E-state index in [9.17, 15) is 4.79 Å². The summed E-state index contributed by atoms with van der Waals surface area (Å²) < 4.78 is 0. The Morgan fingerprint density at radius 1 is 1.40 bits per heavy atom. The monoisotopic (exact) mass is 208 g/mol. The van der Waals surface area contributed by atoms with Crippen molar-refractivity contribution in [2.24, 2.45) is 0 Å². The summed E-state index contributed by atoms with van der Waals surface area (Å²) in [6.07, 6.45) is 0.496. The Morgan fingerprint density at radius 3 is 2.27 bits per heavy atom. The highest BCUT2D eigenvalue weighted by Crippen LogP contribution is 2.00. The predicted molar refractivity (Wildman–Crippen MR) is 54.5 cm³/mol. The Kier molecular flexibility index (Phi) is 6.37. The molecule has 0 aliphatic heterocycles. The lowest BCUT2D eigenvalue weighted by Crippen LogP contribution is -2.65. The summed E-state index contributed by atoms with van der Waals surface area (Å²) in [4.78, 5) is 11.9. The molecule has 0 bridgehead atoms. The second-order valence-corrected chi connectivity index (χ2v) is 2.81. The molecule has 0 spiro atoms. The lowest BCUT2D eigenvalue weighted by atomic mass is 10.1. The van der Waals surface area contributed by atoms with Gasteiger partial charge in [-0.25, -0.2) is 4.79 Å². The van der Waals surface area contributed by atoms with Gasteiger partial charge in [-0.15, -0.1) is 0 Å². The minimum atomic E-state index is -0.848. The second kappa shape index (κ2) is 7.37. The highest BCUT2D eigenvalue weighted by atomic mass is 16.4. The summed E-state index contributed by atoms with van der Waals surface area (Å²) in [6.45, 7) is 0. The highest BCUT2D eigenvalue weighted by Gasteiger charge is 2.15. The van der Waals surface area contributed by atoms with E-state index < -0.39 is 12.0 Å². The van der Waals surface area contributed by atoms with E-state index in [-0.39, 0.29) is 0 Å². The first kappa shape index (κ1) is 13.0. The standard InChI is InChI=1S/C9H11NO2.N3/c10-8(9(11)12)6-7-4-2-1-3-5-7;1-3-2/h1-5,8H,6,10H2,(H,11,12);/q;-1/p+1/t8-;/m0./s1. The molecule has 80 valence electrons. The van der Waals surface area contributed by atoms with Crippen LogP contribution >= 0.6 is 0 Å². The SMILES string of the molecule is [N-]=[N+]=[N-].[NH3+][C@@H](Cc1ccccc1)C(=O)O. The van der Waals surface area contributed by atoms with Crippen molar-refractivity contribution in [1.82, 2.24) is 0 Å². The minimum Gasteiger partial charge on any atom is -0.477 e. The molecule has 6 nitrogen and oxygen atoms in total. The molecular weight excluding hydrogens is 196 g/mol. The van der Waals surface area contributed by atoms with Crippen LogP contribution < -0.4 is 5.73 Å². The maximum absolute atomic E-state index is 10.4. The number of nitrogens with zero attached hydrogens (tertiary/aromatic N) is 3. The average molecular weight is 208 g/mol. The lowest BCUT2D eigenvalue weighted by molar-refractivity contribution is -0.407. The van der Waals surface area contributed by atoms with Gasteiger partial charge in [0.15, 0.2) is 6.04 Å². The quantitative estimate of drug-likeness (QED) is 0.433. The zero-order chi connectivity index (χ0) is 11.7. The zero-order valence-electron chi connectivity index (χ0n) is 8.08. The molecule has 0 aromatic heterocycles. The van der Waals surface area contributed by atoms with E-state index in [2.05, 4.69) is 5.73 Å². The molecule has 0 radical (unpaired) electrons. The molecule has 1 aromatic rings. The number of benzene rings is 1. The fourth-order valence-corrected chi connectivity index (χ4v) is 0.986. The minimum absolute atomic E-state index is 0.496. The van der Waals surface area contributed by atoms with Gasteiger partial charge in [-0.05, 0) is 5.56 Å². The molecular formula is C9H12N4O2. The van der Waals surface area contributed by atoms with Crippen molar-refractivity contribution >= 4 is 5.97 Å². The topological polar surface area (TPSA) is 124 Å². The molecule has 1 rings (SSSR count). The summed E-state index contributed by atoms with van der Waals surface area (Å²) in [5.74, 6) is -0.848. The van der Waals surface area contributed by atoms with Gasteiger partial charge in [0.2, 0.25) is 0 Å². The number of carboxylic acids is 1. The molecule has 0 saturated heterocycles. The van der Waals surface area contributed by atoms with E-state index in [1.807, 2.05) is 30.3 Å². The fourth-order valence-electron chi connectivity index (χ4n) is 0.986. The van der Waals surface area contributed by atoms with Crippen molar-refractivity contribution in [3.8, 4) is 0 Å². The number of hydrogen-bond acceptors (Lipinski definition) is 1. The molecule has 1 atom stereocenters. The molecule has 15 heavy (non-hydrogen) atoms. The first-order valence-electron chi connectivity index (χ1n) is 4.20. The van der Waals surface area contributed by atoms with Crippen LogP contribution in [0.4, 0.5) is 0 Å². The van der Waals surface area contributed by atoms with Crippen molar-refractivity contribution in [3.05, 3.63) is 51.9 Å². The highest BCUT2D eigenvalue weighted by molar-refractivity contribution is 5.71. The van der Waals surface area contributed by atoms with Crippen LogP contribution in [-0.4, -0.2) is 17.1 Å². The first-order valence-corrected chi connectivity index (χ1v) is 4.20. The Hall–Kier alpha value is -2.04. The normalized spacial score (nSPS) is 10.5. The third-order valence-electron chi connectivity index (χ3n) is 1.67.